The van der Waals surface area contributed by atoms with E-state index in [1.165, 1.54) is 0 Å². The molecular formula is C26H28N4O4. The molecule has 0 unspecified atom stereocenters. The molecule has 2 heterocycles. The van der Waals surface area contributed by atoms with E-state index in [2.05, 4.69) is 10.4 Å². The number of aromatic nitrogens is 2. The first-order valence-electron chi connectivity index (χ1n) is 11.3. The molecule has 1 N–H and O–H groups in total. The second kappa shape index (κ2) is 9.51. The van der Waals surface area contributed by atoms with Crippen molar-refractivity contribution in [2.45, 2.75) is 39.0 Å². The zero-order valence-electron chi connectivity index (χ0n) is 19.6. The molecule has 1 saturated heterocycles. The van der Waals surface area contributed by atoms with Gasteiger partial charge in [-0.3, -0.25) is 9.59 Å². The molecular weight excluding hydrogens is 432 g/mol. The minimum absolute atomic E-state index is 0.0800. The molecule has 2 amide bonds. The number of para-hydroxylation sites is 1. The summed E-state index contributed by atoms with van der Waals surface area (Å²) in [6.45, 7) is 6.38. The van der Waals surface area contributed by atoms with E-state index in [1.54, 1.807) is 33.8 Å². The summed E-state index contributed by atoms with van der Waals surface area (Å²) in [4.78, 5) is 38.6. The molecule has 4 rings (SSSR count). The van der Waals surface area contributed by atoms with Crippen molar-refractivity contribution < 1.29 is 19.1 Å². The highest BCUT2D eigenvalue weighted by Gasteiger charge is 2.23. The zero-order valence-corrected chi connectivity index (χ0v) is 19.6. The third-order valence-corrected chi connectivity index (χ3v) is 5.57. The monoisotopic (exact) mass is 460 g/mol. The number of carbonyl (C=O) groups is 3. The van der Waals surface area contributed by atoms with Crippen LogP contribution in [0.2, 0.25) is 0 Å². The smallest absolute Gasteiger partial charge is 0.338 e. The van der Waals surface area contributed by atoms with Crippen molar-refractivity contribution in [3.63, 3.8) is 0 Å². The van der Waals surface area contributed by atoms with Crippen molar-refractivity contribution in [2.75, 3.05) is 23.4 Å². The summed E-state index contributed by atoms with van der Waals surface area (Å²) >= 11 is 0. The standard InChI is InChI=1S/C26H28N4O4/c1-26(2,3)21-16-22(30(28-21)20-8-5-4-6-9-20)27-23(31)17-34-25(33)18-11-13-19(14-12-18)29-15-7-10-24(29)32/h4-6,8-9,11-14,16H,7,10,15,17H2,1-3H3,(H,27,31). The summed E-state index contributed by atoms with van der Waals surface area (Å²) in [5.41, 5.74) is 2.48. The molecule has 34 heavy (non-hydrogen) atoms. The van der Waals surface area contributed by atoms with Gasteiger partial charge in [-0.05, 0) is 42.8 Å². The van der Waals surface area contributed by atoms with E-state index in [-0.39, 0.29) is 11.3 Å². The molecule has 1 aliphatic rings. The number of carbonyl (C=O) groups excluding carboxylic acids is 3. The molecule has 1 aromatic heterocycles. The van der Waals surface area contributed by atoms with Gasteiger partial charge < -0.3 is 15.0 Å². The summed E-state index contributed by atoms with van der Waals surface area (Å²) in [6.07, 6.45) is 1.37. The van der Waals surface area contributed by atoms with E-state index in [1.807, 2.05) is 57.2 Å². The molecule has 0 aliphatic carbocycles. The highest BCUT2D eigenvalue weighted by atomic mass is 16.5. The van der Waals surface area contributed by atoms with E-state index < -0.39 is 18.5 Å². The zero-order chi connectivity index (χ0) is 24.3. The Hall–Kier alpha value is -3.94. The molecule has 0 atom stereocenters. The minimum Gasteiger partial charge on any atom is -0.452 e. The van der Waals surface area contributed by atoms with Crippen LogP contribution in [0.1, 0.15) is 49.7 Å². The fraction of sp³-hybridized carbons (Fsp3) is 0.308. The Bertz CT molecular complexity index is 1190. The van der Waals surface area contributed by atoms with Gasteiger partial charge in [0.25, 0.3) is 5.91 Å². The molecule has 8 heteroatoms. The second-order valence-electron chi connectivity index (χ2n) is 9.23. The number of esters is 1. The van der Waals surface area contributed by atoms with Gasteiger partial charge in [0.05, 0.1) is 16.9 Å². The van der Waals surface area contributed by atoms with Crippen LogP contribution in [-0.2, 0) is 19.7 Å². The van der Waals surface area contributed by atoms with Crippen LogP contribution in [0.25, 0.3) is 5.69 Å². The Morgan fingerprint density at radius 3 is 2.35 bits per heavy atom. The molecule has 2 aromatic carbocycles. The molecule has 0 radical (unpaired) electrons. The summed E-state index contributed by atoms with van der Waals surface area (Å²) in [6, 6.07) is 17.9. The van der Waals surface area contributed by atoms with Crippen LogP contribution in [0.5, 0.6) is 0 Å². The van der Waals surface area contributed by atoms with Crippen LogP contribution in [0.3, 0.4) is 0 Å². The second-order valence-corrected chi connectivity index (χ2v) is 9.23. The Balaban J connectivity index is 1.40. The van der Waals surface area contributed by atoms with Gasteiger partial charge in [0.1, 0.15) is 5.82 Å². The van der Waals surface area contributed by atoms with E-state index in [0.29, 0.717) is 24.3 Å². The summed E-state index contributed by atoms with van der Waals surface area (Å²) in [5.74, 6) is -0.500. The summed E-state index contributed by atoms with van der Waals surface area (Å²) in [7, 11) is 0. The lowest BCUT2D eigenvalue weighted by atomic mass is 9.92. The van der Waals surface area contributed by atoms with E-state index in [9.17, 15) is 14.4 Å². The number of ether oxygens (including phenoxy) is 1. The van der Waals surface area contributed by atoms with Crippen LogP contribution in [0.4, 0.5) is 11.5 Å². The average Bonchev–Trinajstić information content (AvgIpc) is 3.44. The maximum Gasteiger partial charge on any atom is 0.338 e. The lowest BCUT2D eigenvalue weighted by Gasteiger charge is -2.15. The largest absolute Gasteiger partial charge is 0.452 e. The SMILES string of the molecule is CC(C)(C)c1cc(NC(=O)COC(=O)c2ccc(N3CCCC3=O)cc2)n(-c2ccccc2)n1. The Morgan fingerprint density at radius 1 is 1.03 bits per heavy atom. The van der Waals surface area contributed by atoms with Crippen LogP contribution in [0.15, 0.2) is 60.7 Å². The van der Waals surface area contributed by atoms with Gasteiger partial charge in [-0.25, -0.2) is 9.48 Å². The lowest BCUT2D eigenvalue weighted by Crippen LogP contribution is -2.24. The maximum absolute atomic E-state index is 12.6. The lowest BCUT2D eigenvalue weighted by molar-refractivity contribution is -0.119. The maximum atomic E-state index is 12.6. The molecule has 176 valence electrons. The highest BCUT2D eigenvalue weighted by Crippen LogP contribution is 2.26. The topological polar surface area (TPSA) is 93.5 Å². The molecule has 0 bridgehead atoms. The Morgan fingerprint density at radius 2 is 1.74 bits per heavy atom. The van der Waals surface area contributed by atoms with Crippen LogP contribution >= 0.6 is 0 Å². The van der Waals surface area contributed by atoms with Crippen LogP contribution in [-0.4, -0.2) is 40.7 Å². The van der Waals surface area contributed by atoms with Crippen molar-refractivity contribution >= 4 is 29.3 Å². The number of amides is 2. The predicted octanol–water partition coefficient (Wildman–Crippen LogP) is 4.09. The normalized spacial score (nSPS) is 13.7. The van der Waals surface area contributed by atoms with Crippen molar-refractivity contribution in [3.8, 4) is 5.69 Å². The van der Waals surface area contributed by atoms with Crippen molar-refractivity contribution in [1.82, 2.24) is 9.78 Å². The van der Waals surface area contributed by atoms with Gasteiger partial charge in [0, 0.05) is 30.1 Å². The fourth-order valence-corrected chi connectivity index (χ4v) is 3.69. The predicted molar refractivity (Wildman–Crippen MR) is 129 cm³/mol. The van der Waals surface area contributed by atoms with Gasteiger partial charge in [-0.15, -0.1) is 0 Å². The first-order valence-corrected chi connectivity index (χ1v) is 11.3. The Labute approximate surface area is 198 Å². The van der Waals surface area contributed by atoms with Crippen molar-refractivity contribution in [3.05, 3.63) is 71.9 Å². The van der Waals surface area contributed by atoms with Crippen LogP contribution < -0.4 is 10.2 Å². The summed E-state index contributed by atoms with van der Waals surface area (Å²) < 4.78 is 6.87. The number of rotatable bonds is 6. The first-order chi connectivity index (χ1) is 16.2. The summed E-state index contributed by atoms with van der Waals surface area (Å²) in [5, 5.41) is 7.46. The third-order valence-electron chi connectivity index (χ3n) is 5.57. The van der Waals surface area contributed by atoms with E-state index >= 15 is 0 Å². The van der Waals surface area contributed by atoms with Gasteiger partial charge in [0.15, 0.2) is 6.61 Å². The molecule has 0 saturated carbocycles. The van der Waals surface area contributed by atoms with Gasteiger partial charge in [-0.1, -0.05) is 39.0 Å². The average molecular weight is 461 g/mol. The minimum atomic E-state index is -0.610. The Kier molecular flexibility index (Phi) is 6.49. The molecule has 1 aliphatic heterocycles. The van der Waals surface area contributed by atoms with E-state index in [4.69, 9.17) is 4.74 Å². The number of anilines is 2. The van der Waals surface area contributed by atoms with E-state index in [0.717, 1.165) is 23.5 Å². The molecule has 3 aromatic rings. The quantitative estimate of drug-likeness (QED) is 0.559. The number of hydrogen-bond donors (Lipinski definition) is 1. The molecule has 8 nitrogen and oxygen atoms in total. The number of nitrogens with zero attached hydrogens (tertiary/aromatic N) is 3. The molecule has 1 fully saturated rings. The molecule has 0 spiro atoms. The van der Waals surface area contributed by atoms with Gasteiger partial charge in [-0.2, -0.15) is 5.10 Å². The van der Waals surface area contributed by atoms with Crippen molar-refractivity contribution in [2.24, 2.45) is 0 Å². The highest BCUT2D eigenvalue weighted by molar-refractivity contribution is 5.97. The van der Waals surface area contributed by atoms with Gasteiger partial charge >= 0.3 is 5.97 Å². The number of benzene rings is 2. The number of hydrogen-bond acceptors (Lipinski definition) is 5. The van der Waals surface area contributed by atoms with Gasteiger partial charge in [0.2, 0.25) is 5.91 Å². The first kappa shape index (κ1) is 23.2. The van der Waals surface area contributed by atoms with Crippen molar-refractivity contribution in [1.29, 1.82) is 0 Å². The third kappa shape index (κ3) is 5.17. The fourth-order valence-electron chi connectivity index (χ4n) is 3.69. The van der Waals surface area contributed by atoms with Crippen LogP contribution in [0, 0.1) is 0 Å². The number of nitrogens with one attached hydrogen (secondary N) is 1.